The van der Waals surface area contributed by atoms with Crippen LogP contribution in [0.15, 0.2) is 24.3 Å². The smallest absolute Gasteiger partial charge is 0.327 e. The van der Waals surface area contributed by atoms with Gasteiger partial charge >= 0.3 is 12.0 Å². The van der Waals surface area contributed by atoms with Crippen molar-refractivity contribution in [3.8, 4) is 0 Å². The standard InChI is InChI=1S/C16H19N3O5/c1-9-4-6-11(7-5-9)16(3)14(22)19(15(23)18-16)8-12(20)24-10(2)13(17)21/h4-7,10H,8H2,1-3H3,(H2,17,21)(H,18,23)/t10-,16-/m0/s1. The highest BCUT2D eigenvalue weighted by Gasteiger charge is 2.49. The Hall–Kier alpha value is -2.90. The van der Waals surface area contributed by atoms with Gasteiger partial charge in [-0.1, -0.05) is 29.8 Å². The Labute approximate surface area is 138 Å². The molecule has 2 atom stereocenters. The van der Waals surface area contributed by atoms with E-state index in [1.165, 1.54) is 6.92 Å². The number of urea groups is 1. The summed E-state index contributed by atoms with van der Waals surface area (Å²) >= 11 is 0. The van der Waals surface area contributed by atoms with Crippen LogP contribution in [0.2, 0.25) is 0 Å². The summed E-state index contributed by atoms with van der Waals surface area (Å²) in [7, 11) is 0. The topological polar surface area (TPSA) is 119 Å². The zero-order valence-corrected chi connectivity index (χ0v) is 13.7. The largest absolute Gasteiger partial charge is 0.451 e. The maximum atomic E-state index is 12.6. The highest BCUT2D eigenvalue weighted by molar-refractivity contribution is 6.08. The molecule has 0 unspecified atom stereocenters. The fourth-order valence-electron chi connectivity index (χ4n) is 2.34. The van der Waals surface area contributed by atoms with Crippen LogP contribution in [0.3, 0.4) is 0 Å². The van der Waals surface area contributed by atoms with E-state index in [9.17, 15) is 19.2 Å². The van der Waals surface area contributed by atoms with Crippen molar-refractivity contribution in [3.63, 3.8) is 0 Å². The Balaban J connectivity index is 2.15. The highest BCUT2D eigenvalue weighted by atomic mass is 16.5. The molecular formula is C16H19N3O5. The summed E-state index contributed by atoms with van der Waals surface area (Å²) in [5.74, 6) is -2.27. The van der Waals surface area contributed by atoms with Gasteiger partial charge in [0.05, 0.1) is 0 Å². The van der Waals surface area contributed by atoms with E-state index < -0.39 is 42.0 Å². The van der Waals surface area contributed by atoms with Gasteiger partial charge in [-0.3, -0.25) is 19.3 Å². The second-order valence-electron chi connectivity index (χ2n) is 5.85. The van der Waals surface area contributed by atoms with Crippen LogP contribution in [0.5, 0.6) is 0 Å². The monoisotopic (exact) mass is 333 g/mol. The van der Waals surface area contributed by atoms with Crippen LogP contribution < -0.4 is 11.1 Å². The molecule has 0 bridgehead atoms. The summed E-state index contributed by atoms with van der Waals surface area (Å²) in [6.45, 7) is 4.19. The van der Waals surface area contributed by atoms with Crippen LogP contribution in [0, 0.1) is 6.92 Å². The van der Waals surface area contributed by atoms with Crippen molar-refractivity contribution in [3.05, 3.63) is 35.4 Å². The molecule has 1 aliphatic heterocycles. The second kappa shape index (κ2) is 6.31. The van der Waals surface area contributed by atoms with Crippen molar-refractivity contribution >= 4 is 23.8 Å². The van der Waals surface area contributed by atoms with Crippen molar-refractivity contribution in [2.45, 2.75) is 32.4 Å². The quantitative estimate of drug-likeness (QED) is 0.588. The van der Waals surface area contributed by atoms with Crippen LogP contribution in [-0.2, 0) is 24.7 Å². The molecule has 1 aliphatic rings. The molecular weight excluding hydrogens is 314 g/mol. The molecule has 0 radical (unpaired) electrons. The van der Waals surface area contributed by atoms with Crippen molar-refractivity contribution < 1.29 is 23.9 Å². The minimum Gasteiger partial charge on any atom is -0.451 e. The van der Waals surface area contributed by atoms with Crippen LogP contribution in [0.25, 0.3) is 0 Å². The Bertz CT molecular complexity index is 700. The number of nitrogens with two attached hydrogens (primary N) is 1. The summed E-state index contributed by atoms with van der Waals surface area (Å²) in [4.78, 5) is 48.2. The number of esters is 1. The number of benzene rings is 1. The summed E-state index contributed by atoms with van der Waals surface area (Å²) < 4.78 is 4.77. The zero-order valence-electron chi connectivity index (χ0n) is 13.7. The van der Waals surface area contributed by atoms with Gasteiger partial charge in [0.1, 0.15) is 12.1 Å². The Morgan fingerprint density at radius 1 is 1.29 bits per heavy atom. The van der Waals surface area contributed by atoms with Gasteiger partial charge in [-0.25, -0.2) is 4.79 Å². The number of aryl methyl sites for hydroxylation is 1. The average molecular weight is 333 g/mol. The number of amides is 4. The lowest BCUT2D eigenvalue weighted by Crippen LogP contribution is -2.42. The van der Waals surface area contributed by atoms with Crippen LogP contribution in [0.4, 0.5) is 4.79 Å². The number of ether oxygens (including phenoxy) is 1. The summed E-state index contributed by atoms with van der Waals surface area (Å²) in [6, 6.07) is 6.43. The first-order chi connectivity index (χ1) is 11.1. The van der Waals surface area contributed by atoms with Crippen LogP contribution in [-0.4, -0.2) is 41.4 Å². The third-order valence-electron chi connectivity index (χ3n) is 3.90. The lowest BCUT2D eigenvalue weighted by molar-refractivity contribution is -0.155. The van der Waals surface area contributed by atoms with Crippen LogP contribution >= 0.6 is 0 Å². The Morgan fingerprint density at radius 3 is 2.42 bits per heavy atom. The number of carbonyl (C=O) groups is 4. The van der Waals surface area contributed by atoms with E-state index in [0.29, 0.717) is 5.56 Å². The molecule has 1 aromatic rings. The first kappa shape index (κ1) is 17.5. The van der Waals surface area contributed by atoms with Gasteiger partial charge in [0.25, 0.3) is 11.8 Å². The Morgan fingerprint density at radius 2 is 1.88 bits per heavy atom. The molecule has 8 heteroatoms. The first-order valence-corrected chi connectivity index (χ1v) is 7.35. The predicted molar refractivity (Wildman–Crippen MR) is 83.5 cm³/mol. The number of rotatable bonds is 5. The molecule has 1 saturated heterocycles. The van der Waals surface area contributed by atoms with Gasteiger partial charge < -0.3 is 15.8 Å². The lowest BCUT2D eigenvalue weighted by Gasteiger charge is -2.22. The molecule has 24 heavy (non-hydrogen) atoms. The van der Waals surface area contributed by atoms with Gasteiger partial charge in [0.2, 0.25) is 0 Å². The molecule has 2 rings (SSSR count). The van der Waals surface area contributed by atoms with E-state index in [-0.39, 0.29) is 0 Å². The van der Waals surface area contributed by atoms with Crippen LogP contribution in [0.1, 0.15) is 25.0 Å². The summed E-state index contributed by atoms with van der Waals surface area (Å²) in [5.41, 5.74) is 5.36. The van der Waals surface area contributed by atoms with Gasteiger partial charge in [0.15, 0.2) is 6.10 Å². The number of nitrogens with one attached hydrogen (secondary N) is 1. The molecule has 0 saturated carbocycles. The molecule has 128 valence electrons. The third kappa shape index (κ3) is 3.22. The normalized spacial score (nSPS) is 21.4. The molecule has 1 heterocycles. The van der Waals surface area contributed by atoms with E-state index in [2.05, 4.69) is 5.32 Å². The molecule has 0 aliphatic carbocycles. The number of primary amides is 1. The predicted octanol–water partition coefficient (Wildman–Crippen LogP) is 0.179. The van der Waals surface area contributed by atoms with E-state index in [1.54, 1.807) is 19.1 Å². The number of nitrogens with zero attached hydrogens (tertiary/aromatic N) is 1. The SMILES string of the molecule is Cc1ccc([C@]2(C)NC(=O)N(CC(=O)O[C@@H](C)C(N)=O)C2=O)cc1. The lowest BCUT2D eigenvalue weighted by atomic mass is 9.91. The van der Waals surface area contributed by atoms with Gasteiger partial charge in [-0.05, 0) is 26.3 Å². The molecule has 3 N–H and O–H groups in total. The highest BCUT2D eigenvalue weighted by Crippen LogP contribution is 2.28. The zero-order chi connectivity index (χ0) is 18.1. The molecule has 1 fully saturated rings. The number of carbonyl (C=O) groups excluding carboxylic acids is 4. The van der Waals surface area contributed by atoms with E-state index >= 15 is 0 Å². The molecule has 0 spiro atoms. The second-order valence-corrected chi connectivity index (χ2v) is 5.85. The fraction of sp³-hybridized carbons (Fsp3) is 0.375. The minimum atomic E-state index is -1.26. The van der Waals surface area contributed by atoms with Gasteiger partial charge in [0, 0.05) is 0 Å². The number of hydrogen-bond donors (Lipinski definition) is 2. The fourth-order valence-corrected chi connectivity index (χ4v) is 2.34. The van der Waals surface area contributed by atoms with E-state index in [4.69, 9.17) is 10.5 Å². The molecule has 1 aromatic carbocycles. The summed E-state index contributed by atoms with van der Waals surface area (Å²) in [6.07, 6.45) is -1.14. The van der Waals surface area contributed by atoms with Crippen molar-refractivity contribution in [2.24, 2.45) is 5.73 Å². The van der Waals surface area contributed by atoms with E-state index in [0.717, 1.165) is 10.5 Å². The third-order valence-corrected chi connectivity index (χ3v) is 3.90. The maximum Gasteiger partial charge on any atom is 0.327 e. The molecule has 8 nitrogen and oxygen atoms in total. The maximum absolute atomic E-state index is 12.6. The van der Waals surface area contributed by atoms with Crippen molar-refractivity contribution in [2.75, 3.05) is 6.54 Å². The first-order valence-electron chi connectivity index (χ1n) is 7.35. The van der Waals surface area contributed by atoms with E-state index in [1.807, 2.05) is 19.1 Å². The Kier molecular flexibility index (Phi) is 4.59. The molecule has 4 amide bonds. The average Bonchev–Trinajstić information content (AvgIpc) is 2.72. The number of hydrogen-bond acceptors (Lipinski definition) is 5. The summed E-state index contributed by atoms with van der Waals surface area (Å²) in [5, 5.41) is 2.59. The minimum absolute atomic E-state index is 0.569. The molecule has 0 aromatic heterocycles. The van der Waals surface area contributed by atoms with Crippen molar-refractivity contribution in [1.82, 2.24) is 10.2 Å². The van der Waals surface area contributed by atoms with Gasteiger partial charge in [-0.15, -0.1) is 0 Å². The van der Waals surface area contributed by atoms with Gasteiger partial charge in [-0.2, -0.15) is 0 Å². The number of imide groups is 1. The van der Waals surface area contributed by atoms with Crippen molar-refractivity contribution in [1.29, 1.82) is 0 Å².